The maximum Gasteiger partial charge on any atom is 0.254 e. The average Bonchev–Trinajstić information content (AvgIpc) is 3.17. The number of methoxy groups -OCH3 is 1. The number of benzene rings is 1. The second kappa shape index (κ2) is 9.69. The van der Waals surface area contributed by atoms with Gasteiger partial charge in [0.2, 0.25) is 0 Å². The highest BCUT2D eigenvalue weighted by Gasteiger charge is 2.34. The molecular formula is C22H29ClN6O2. The molecule has 1 aromatic heterocycles. The molecule has 0 bridgehead atoms. The van der Waals surface area contributed by atoms with Gasteiger partial charge in [-0.25, -0.2) is 0 Å². The van der Waals surface area contributed by atoms with Gasteiger partial charge < -0.3 is 21.1 Å². The van der Waals surface area contributed by atoms with E-state index in [9.17, 15) is 10.1 Å². The van der Waals surface area contributed by atoms with Crippen LogP contribution < -0.4 is 16.4 Å². The summed E-state index contributed by atoms with van der Waals surface area (Å²) in [7, 11) is 1.69. The highest BCUT2D eigenvalue weighted by atomic mass is 35.5. The molecule has 0 aliphatic heterocycles. The number of nitrogens with zero attached hydrogens (tertiary/aromatic N) is 3. The number of anilines is 2. The summed E-state index contributed by atoms with van der Waals surface area (Å²) in [5.41, 5.74) is 6.34. The molecule has 0 radical (unpaired) electrons. The van der Waals surface area contributed by atoms with Crippen LogP contribution in [-0.4, -0.2) is 41.0 Å². The minimum atomic E-state index is -0.576. The van der Waals surface area contributed by atoms with Gasteiger partial charge in [-0.2, -0.15) is 10.4 Å². The van der Waals surface area contributed by atoms with Crippen LogP contribution in [0.2, 0.25) is 5.02 Å². The molecule has 166 valence electrons. The van der Waals surface area contributed by atoms with Gasteiger partial charge in [-0.05, 0) is 57.4 Å². The van der Waals surface area contributed by atoms with Gasteiger partial charge in [0.25, 0.3) is 5.91 Å². The summed E-state index contributed by atoms with van der Waals surface area (Å²) < 4.78 is 7.18. The molecule has 4 N–H and O–H groups in total. The SMILES string of the molecule is COC(C)(C)CN[C@H]1CCC(n2cc(C(N)=O)c(Nc3ccc(Cl)cc3)n2)[C@@H](C#N)C1. The van der Waals surface area contributed by atoms with Crippen LogP contribution in [0.25, 0.3) is 0 Å². The van der Waals surface area contributed by atoms with Crippen LogP contribution >= 0.6 is 11.6 Å². The maximum atomic E-state index is 12.0. The van der Waals surface area contributed by atoms with E-state index in [-0.39, 0.29) is 29.2 Å². The molecule has 9 heteroatoms. The van der Waals surface area contributed by atoms with Crippen LogP contribution in [-0.2, 0) is 4.74 Å². The Balaban J connectivity index is 1.75. The van der Waals surface area contributed by atoms with Crippen molar-refractivity contribution < 1.29 is 9.53 Å². The van der Waals surface area contributed by atoms with E-state index in [1.54, 1.807) is 42.3 Å². The van der Waals surface area contributed by atoms with Crippen molar-refractivity contribution in [3.05, 3.63) is 41.0 Å². The van der Waals surface area contributed by atoms with Crippen LogP contribution in [0.5, 0.6) is 0 Å². The molecule has 1 heterocycles. The van der Waals surface area contributed by atoms with Crippen LogP contribution in [0.4, 0.5) is 11.5 Å². The Kier molecular flexibility index (Phi) is 7.21. The molecule has 1 unspecified atom stereocenters. The molecule has 3 atom stereocenters. The number of hydrogen-bond donors (Lipinski definition) is 3. The van der Waals surface area contributed by atoms with Gasteiger partial charge in [0.05, 0.1) is 23.6 Å². The lowest BCUT2D eigenvalue weighted by Gasteiger charge is -2.35. The number of carbonyl (C=O) groups is 1. The van der Waals surface area contributed by atoms with Crippen molar-refractivity contribution in [2.75, 3.05) is 19.0 Å². The number of aromatic nitrogens is 2. The summed E-state index contributed by atoms with van der Waals surface area (Å²) in [5.74, 6) is -0.442. The second-order valence-corrected chi connectivity index (χ2v) is 8.96. The van der Waals surface area contributed by atoms with E-state index in [1.165, 1.54) is 0 Å². The normalized spacial score (nSPS) is 21.5. The number of carbonyl (C=O) groups excluding carboxylic acids is 1. The third-order valence-corrected chi connectivity index (χ3v) is 6.04. The smallest absolute Gasteiger partial charge is 0.254 e. The Morgan fingerprint density at radius 1 is 1.39 bits per heavy atom. The van der Waals surface area contributed by atoms with E-state index < -0.39 is 5.91 Å². The topological polar surface area (TPSA) is 118 Å². The largest absolute Gasteiger partial charge is 0.377 e. The molecule has 0 spiro atoms. The fourth-order valence-electron chi connectivity index (χ4n) is 3.76. The predicted octanol–water partition coefficient (Wildman–Crippen LogP) is 3.63. The van der Waals surface area contributed by atoms with Crippen molar-refractivity contribution in [1.29, 1.82) is 5.26 Å². The standard InChI is InChI=1S/C22H29ClN6O2/c1-22(2,31-3)13-26-17-8-9-19(14(10-17)11-24)29-12-18(20(25)30)21(28-29)27-16-6-4-15(23)5-7-16/h4-7,12,14,17,19,26H,8-10,13H2,1-3H3,(H2,25,30)(H,27,28)/t14-,17+,19?/m1/s1. The molecule has 1 amide bonds. The van der Waals surface area contributed by atoms with E-state index in [0.717, 1.165) is 18.5 Å². The van der Waals surface area contributed by atoms with Crippen LogP contribution in [0.15, 0.2) is 30.5 Å². The summed E-state index contributed by atoms with van der Waals surface area (Å²) >= 11 is 5.94. The zero-order valence-electron chi connectivity index (χ0n) is 18.1. The molecule has 31 heavy (non-hydrogen) atoms. The fourth-order valence-corrected chi connectivity index (χ4v) is 3.89. The highest BCUT2D eigenvalue weighted by Crippen LogP contribution is 2.35. The van der Waals surface area contributed by atoms with Gasteiger partial charge in [0, 0.05) is 36.6 Å². The predicted molar refractivity (Wildman–Crippen MR) is 120 cm³/mol. The number of nitrogens with two attached hydrogens (primary N) is 1. The number of nitrogens with one attached hydrogen (secondary N) is 2. The first kappa shape index (κ1) is 23.1. The number of amides is 1. The molecule has 8 nitrogen and oxygen atoms in total. The summed E-state index contributed by atoms with van der Waals surface area (Å²) in [6.45, 7) is 4.76. The Hall–Kier alpha value is -2.60. The molecule has 3 rings (SSSR count). The molecule has 1 fully saturated rings. The molecular weight excluding hydrogens is 416 g/mol. The summed E-state index contributed by atoms with van der Waals surface area (Å²) in [5, 5.41) is 21.6. The molecule has 2 aromatic rings. The quantitative estimate of drug-likeness (QED) is 0.572. The number of halogens is 1. The van der Waals surface area contributed by atoms with Crippen molar-refractivity contribution in [2.45, 2.75) is 50.8 Å². The van der Waals surface area contributed by atoms with E-state index in [2.05, 4.69) is 21.8 Å². The number of hydrogen-bond acceptors (Lipinski definition) is 6. The average molecular weight is 445 g/mol. The zero-order valence-corrected chi connectivity index (χ0v) is 18.8. The number of ether oxygens (including phenoxy) is 1. The van der Waals surface area contributed by atoms with E-state index in [1.807, 2.05) is 13.8 Å². The Labute approximate surface area is 187 Å². The molecule has 1 aliphatic rings. The highest BCUT2D eigenvalue weighted by molar-refractivity contribution is 6.30. The van der Waals surface area contributed by atoms with E-state index >= 15 is 0 Å². The molecule has 1 aromatic carbocycles. The van der Waals surface area contributed by atoms with Gasteiger partial charge in [-0.15, -0.1) is 0 Å². The summed E-state index contributed by atoms with van der Waals surface area (Å²) in [6, 6.07) is 9.61. The first-order chi connectivity index (χ1) is 14.7. The van der Waals surface area contributed by atoms with Crippen molar-refractivity contribution in [3.8, 4) is 6.07 Å². The number of rotatable bonds is 8. The van der Waals surface area contributed by atoms with Gasteiger partial charge in [-0.1, -0.05) is 11.6 Å². The van der Waals surface area contributed by atoms with Gasteiger partial charge in [0.1, 0.15) is 5.56 Å². The Bertz CT molecular complexity index is 950. The lowest BCUT2D eigenvalue weighted by Crippen LogP contribution is -2.45. The number of primary amides is 1. The lowest BCUT2D eigenvalue weighted by molar-refractivity contribution is 0.0189. The summed E-state index contributed by atoms with van der Waals surface area (Å²) in [4.78, 5) is 12.0. The second-order valence-electron chi connectivity index (χ2n) is 8.53. The van der Waals surface area contributed by atoms with E-state index in [4.69, 9.17) is 22.1 Å². The van der Waals surface area contributed by atoms with Gasteiger partial charge >= 0.3 is 0 Å². The van der Waals surface area contributed by atoms with Crippen LogP contribution in [0.1, 0.15) is 49.5 Å². The minimum Gasteiger partial charge on any atom is -0.377 e. The first-order valence-electron chi connectivity index (χ1n) is 10.3. The Morgan fingerprint density at radius 2 is 2.10 bits per heavy atom. The molecule has 1 saturated carbocycles. The van der Waals surface area contributed by atoms with Gasteiger partial charge in [-0.3, -0.25) is 9.48 Å². The zero-order chi connectivity index (χ0) is 22.6. The molecule has 0 saturated heterocycles. The van der Waals surface area contributed by atoms with Crippen molar-refractivity contribution in [1.82, 2.24) is 15.1 Å². The minimum absolute atomic E-state index is 0.127. The van der Waals surface area contributed by atoms with Crippen LogP contribution in [0, 0.1) is 17.2 Å². The van der Waals surface area contributed by atoms with Crippen LogP contribution in [0.3, 0.4) is 0 Å². The first-order valence-corrected chi connectivity index (χ1v) is 10.7. The van der Waals surface area contributed by atoms with Crippen molar-refractivity contribution in [3.63, 3.8) is 0 Å². The van der Waals surface area contributed by atoms with Crippen molar-refractivity contribution >= 4 is 29.0 Å². The summed E-state index contributed by atoms with van der Waals surface area (Å²) in [6.07, 6.45) is 4.00. The lowest BCUT2D eigenvalue weighted by atomic mass is 9.82. The van der Waals surface area contributed by atoms with E-state index in [0.29, 0.717) is 23.8 Å². The van der Waals surface area contributed by atoms with Crippen molar-refractivity contribution in [2.24, 2.45) is 11.7 Å². The third-order valence-electron chi connectivity index (χ3n) is 5.79. The monoisotopic (exact) mass is 444 g/mol. The van der Waals surface area contributed by atoms with Gasteiger partial charge in [0.15, 0.2) is 5.82 Å². The molecule has 1 aliphatic carbocycles. The maximum absolute atomic E-state index is 12.0. The third kappa shape index (κ3) is 5.76. The Morgan fingerprint density at radius 3 is 2.71 bits per heavy atom. The fraction of sp³-hybridized carbons (Fsp3) is 0.500. The number of nitriles is 1.